The Hall–Kier alpha value is -1.71. The third-order valence-electron chi connectivity index (χ3n) is 3.74. The SMILES string of the molecule is C1=Cc2ncnc(OCC3CCCCC3)c2N=CC1. The standard InChI is InChI=1S/C15H19N3O/c1-2-6-12(7-3-1)10-19-15-14-13(17-11-18-15)8-4-5-9-16-14/h4,8-9,11-12H,1-3,5-7,10H2. The molecular weight excluding hydrogens is 238 g/mol. The van der Waals surface area contributed by atoms with Crippen LogP contribution in [0.4, 0.5) is 5.69 Å². The minimum absolute atomic E-state index is 0.623. The number of hydrogen-bond donors (Lipinski definition) is 0. The van der Waals surface area contributed by atoms with Crippen LogP contribution in [0.25, 0.3) is 6.08 Å². The lowest BCUT2D eigenvalue weighted by molar-refractivity contribution is 0.203. The average Bonchev–Trinajstić information content (AvgIpc) is 2.72. The molecule has 1 aliphatic heterocycles. The second-order valence-electron chi connectivity index (χ2n) is 5.18. The van der Waals surface area contributed by atoms with E-state index in [1.807, 2.05) is 18.4 Å². The minimum atomic E-state index is 0.623. The van der Waals surface area contributed by atoms with Crippen molar-refractivity contribution in [3.8, 4) is 5.88 Å². The molecule has 1 fully saturated rings. The van der Waals surface area contributed by atoms with Gasteiger partial charge in [-0.15, -0.1) is 0 Å². The molecule has 19 heavy (non-hydrogen) atoms. The second-order valence-corrected chi connectivity index (χ2v) is 5.18. The molecule has 0 aromatic carbocycles. The first-order valence-corrected chi connectivity index (χ1v) is 7.10. The van der Waals surface area contributed by atoms with Crippen LogP contribution >= 0.6 is 0 Å². The molecule has 1 aromatic heterocycles. The predicted molar refractivity (Wildman–Crippen MR) is 75.9 cm³/mol. The van der Waals surface area contributed by atoms with Gasteiger partial charge in [0, 0.05) is 12.6 Å². The van der Waals surface area contributed by atoms with Gasteiger partial charge in [0.1, 0.15) is 6.33 Å². The molecule has 0 amide bonds. The van der Waals surface area contributed by atoms with E-state index in [9.17, 15) is 0 Å². The van der Waals surface area contributed by atoms with Crippen molar-refractivity contribution in [3.05, 3.63) is 18.1 Å². The molecule has 1 aliphatic carbocycles. The summed E-state index contributed by atoms with van der Waals surface area (Å²) in [4.78, 5) is 12.9. The van der Waals surface area contributed by atoms with Crippen molar-refractivity contribution in [2.24, 2.45) is 10.9 Å². The molecule has 0 saturated heterocycles. The highest BCUT2D eigenvalue weighted by Gasteiger charge is 2.16. The van der Waals surface area contributed by atoms with Crippen LogP contribution < -0.4 is 4.74 Å². The summed E-state index contributed by atoms with van der Waals surface area (Å²) < 4.78 is 5.90. The van der Waals surface area contributed by atoms with Gasteiger partial charge in [0.25, 0.3) is 0 Å². The van der Waals surface area contributed by atoms with Crippen LogP contribution in [0.2, 0.25) is 0 Å². The van der Waals surface area contributed by atoms with Gasteiger partial charge in [-0.25, -0.2) is 4.98 Å². The lowest BCUT2D eigenvalue weighted by atomic mass is 9.90. The third kappa shape index (κ3) is 3.00. The Labute approximate surface area is 113 Å². The second kappa shape index (κ2) is 5.95. The van der Waals surface area contributed by atoms with Crippen LogP contribution in [0.15, 0.2) is 17.4 Å². The summed E-state index contributed by atoms with van der Waals surface area (Å²) in [6.45, 7) is 0.753. The van der Waals surface area contributed by atoms with Crippen LogP contribution in [-0.4, -0.2) is 22.8 Å². The first-order chi connectivity index (χ1) is 9.43. The Balaban J connectivity index is 1.72. The van der Waals surface area contributed by atoms with Crippen molar-refractivity contribution in [2.75, 3.05) is 6.61 Å². The maximum absolute atomic E-state index is 5.90. The van der Waals surface area contributed by atoms with E-state index in [2.05, 4.69) is 15.0 Å². The molecule has 0 N–H and O–H groups in total. The van der Waals surface area contributed by atoms with Crippen molar-refractivity contribution in [1.82, 2.24) is 9.97 Å². The van der Waals surface area contributed by atoms with Crippen molar-refractivity contribution in [3.63, 3.8) is 0 Å². The van der Waals surface area contributed by atoms with Gasteiger partial charge in [0.05, 0.1) is 12.3 Å². The monoisotopic (exact) mass is 257 g/mol. The zero-order chi connectivity index (χ0) is 12.9. The van der Waals surface area contributed by atoms with E-state index in [1.54, 1.807) is 6.33 Å². The predicted octanol–water partition coefficient (Wildman–Crippen LogP) is 3.55. The summed E-state index contributed by atoms with van der Waals surface area (Å²) in [5.74, 6) is 1.29. The maximum atomic E-state index is 5.90. The van der Waals surface area contributed by atoms with Gasteiger partial charge < -0.3 is 4.74 Å². The number of hydrogen-bond acceptors (Lipinski definition) is 4. The Morgan fingerprint density at radius 1 is 1.16 bits per heavy atom. The summed E-state index contributed by atoms with van der Waals surface area (Å²) in [6, 6.07) is 0. The summed E-state index contributed by atoms with van der Waals surface area (Å²) >= 11 is 0. The average molecular weight is 257 g/mol. The Kier molecular flexibility index (Phi) is 3.86. The molecule has 0 unspecified atom stereocenters. The molecule has 4 nitrogen and oxygen atoms in total. The van der Waals surface area contributed by atoms with E-state index in [0.717, 1.165) is 24.4 Å². The number of aliphatic imine (C=N–C) groups is 1. The molecular formula is C15H19N3O. The van der Waals surface area contributed by atoms with Crippen LogP contribution in [-0.2, 0) is 0 Å². The molecule has 1 aromatic rings. The first kappa shape index (κ1) is 12.3. The Bertz CT molecular complexity index is 490. The maximum Gasteiger partial charge on any atom is 0.243 e. The fourth-order valence-corrected chi connectivity index (χ4v) is 2.66. The fraction of sp³-hybridized carbons (Fsp3) is 0.533. The summed E-state index contributed by atoms with van der Waals surface area (Å²) in [5, 5.41) is 0. The van der Waals surface area contributed by atoms with Crippen LogP contribution in [0.5, 0.6) is 5.88 Å². The molecule has 3 rings (SSSR count). The number of ether oxygens (including phenoxy) is 1. The van der Waals surface area contributed by atoms with E-state index in [4.69, 9.17) is 4.74 Å². The van der Waals surface area contributed by atoms with Crippen LogP contribution in [0.3, 0.4) is 0 Å². The van der Waals surface area contributed by atoms with Gasteiger partial charge in [0.15, 0.2) is 5.69 Å². The topological polar surface area (TPSA) is 47.4 Å². The lowest BCUT2D eigenvalue weighted by Crippen LogP contribution is -2.15. The summed E-state index contributed by atoms with van der Waals surface area (Å²) in [6.07, 6.45) is 14.9. The van der Waals surface area contributed by atoms with Gasteiger partial charge >= 0.3 is 0 Å². The van der Waals surface area contributed by atoms with Crippen molar-refractivity contribution >= 4 is 18.0 Å². The van der Waals surface area contributed by atoms with E-state index < -0.39 is 0 Å². The van der Waals surface area contributed by atoms with E-state index in [-0.39, 0.29) is 0 Å². The molecule has 0 spiro atoms. The quantitative estimate of drug-likeness (QED) is 0.831. The summed E-state index contributed by atoms with van der Waals surface area (Å²) in [5.41, 5.74) is 1.62. The molecule has 100 valence electrons. The molecule has 1 saturated carbocycles. The highest BCUT2D eigenvalue weighted by molar-refractivity contribution is 5.76. The van der Waals surface area contributed by atoms with E-state index >= 15 is 0 Å². The molecule has 2 aliphatic rings. The van der Waals surface area contributed by atoms with Gasteiger partial charge in [-0.05, 0) is 24.8 Å². The largest absolute Gasteiger partial charge is 0.476 e. The van der Waals surface area contributed by atoms with Crippen molar-refractivity contribution in [2.45, 2.75) is 38.5 Å². The number of nitrogens with zero attached hydrogens (tertiary/aromatic N) is 3. The van der Waals surface area contributed by atoms with E-state index in [1.165, 1.54) is 32.1 Å². The first-order valence-electron chi connectivity index (χ1n) is 7.10. The van der Waals surface area contributed by atoms with Crippen molar-refractivity contribution in [1.29, 1.82) is 0 Å². The zero-order valence-electron chi connectivity index (χ0n) is 11.1. The normalized spacial score (nSPS) is 18.9. The molecule has 0 radical (unpaired) electrons. The fourth-order valence-electron chi connectivity index (χ4n) is 2.66. The van der Waals surface area contributed by atoms with Crippen molar-refractivity contribution < 1.29 is 4.74 Å². The molecule has 4 heteroatoms. The third-order valence-corrected chi connectivity index (χ3v) is 3.74. The molecule has 2 heterocycles. The Morgan fingerprint density at radius 3 is 2.95 bits per heavy atom. The molecule has 0 bridgehead atoms. The Morgan fingerprint density at radius 2 is 2.05 bits per heavy atom. The minimum Gasteiger partial charge on any atom is -0.476 e. The summed E-state index contributed by atoms with van der Waals surface area (Å²) in [7, 11) is 0. The number of aromatic nitrogens is 2. The van der Waals surface area contributed by atoms with Crippen LogP contribution in [0.1, 0.15) is 44.2 Å². The zero-order valence-corrected chi connectivity index (χ0v) is 11.1. The van der Waals surface area contributed by atoms with E-state index in [0.29, 0.717) is 11.8 Å². The number of fused-ring (bicyclic) bond motifs is 1. The smallest absolute Gasteiger partial charge is 0.243 e. The van der Waals surface area contributed by atoms with Crippen LogP contribution in [0, 0.1) is 5.92 Å². The highest BCUT2D eigenvalue weighted by Crippen LogP contribution is 2.31. The number of allylic oxidation sites excluding steroid dienone is 1. The van der Waals surface area contributed by atoms with Gasteiger partial charge in [0.2, 0.25) is 5.88 Å². The van der Waals surface area contributed by atoms with Gasteiger partial charge in [-0.2, -0.15) is 4.98 Å². The van der Waals surface area contributed by atoms with Gasteiger partial charge in [-0.3, -0.25) is 4.99 Å². The van der Waals surface area contributed by atoms with Gasteiger partial charge in [-0.1, -0.05) is 25.3 Å². The number of rotatable bonds is 3. The highest BCUT2D eigenvalue weighted by atomic mass is 16.5. The lowest BCUT2D eigenvalue weighted by Gasteiger charge is -2.21. The molecule has 0 atom stereocenters.